The SMILES string of the molecule is CS(=O)(=O)N(CC(=O)N1CCN(Cc2ccc3c(c2)OCO3)CC1)C1CCCCC1. The minimum atomic E-state index is -3.40. The van der Waals surface area contributed by atoms with E-state index in [4.69, 9.17) is 9.47 Å². The highest BCUT2D eigenvalue weighted by Crippen LogP contribution is 2.33. The van der Waals surface area contributed by atoms with Crippen LogP contribution in [0.3, 0.4) is 0 Å². The lowest BCUT2D eigenvalue weighted by Gasteiger charge is -2.37. The summed E-state index contributed by atoms with van der Waals surface area (Å²) in [5.74, 6) is 1.47. The van der Waals surface area contributed by atoms with E-state index < -0.39 is 10.0 Å². The molecule has 0 atom stereocenters. The molecule has 0 radical (unpaired) electrons. The monoisotopic (exact) mass is 437 g/mol. The number of nitrogens with zero attached hydrogens (tertiary/aromatic N) is 3. The Morgan fingerprint density at radius 2 is 1.77 bits per heavy atom. The van der Waals surface area contributed by atoms with E-state index in [-0.39, 0.29) is 25.3 Å². The van der Waals surface area contributed by atoms with Crippen molar-refractivity contribution < 1.29 is 22.7 Å². The van der Waals surface area contributed by atoms with Crippen molar-refractivity contribution in [3.8, 4) is 11.5 Å². The number of rotatable bonds is 6. The van der Waals surface area contributed by atoms with Gasteiger partial charge < -0.3 is 14.4 Å². The van der Waals surface area contributed by atoms with E-state index in [0.29, 0.717) is 13.1 Å². The van der Waals surface area contributed by atoms with Crippen LogP contribution < -0.4 is 9.47 Å². The predicted molar refractivity (Wildman–Crippen MR) is 113 cm³/mol. The number of hydrogen-bond acceptors (Lipinski definition) is 6. The van der Waals surface area contributed by atoms with Crippen LogP contribution in [0.1, 0.15) is 37.7 Å². The van der Waals surface area contributed by atoms with Crippen LogP contribution in [0.15, 0.2) is 18.2 Å². The Balaban J connectivity index is 1.30. The normalized spacial score (nSPS) is 20.7. The molecule has 1 aromatic rings. The second kappa shape index (κ2) is 9.11. The number of hydrogen-bond donors (Lipinski definition) is 0. The molecule has 9 heteroatoms. The van der Waals surface area contributed by atoms with Crippen LogP contribution >= 0.6 is 0 Å². The fraction of sp³-hybridized carbons (Fsp3) is 0.667. The zero-order chi connectivity index (χ0) is 21.1. The van der Waals surface area contributed by atoms with Crippen molar-refractivity contribution in [2.45, 2.75) is 44.7 Å². The number of amides is 1. The molecule has 0 bridgehead atoms. The largest absolute Gasteiger partial charge is 0.454 e. The molecule has 8 nitrogen and oxygen atoms in total. The molecule has 1 amide bonds. The van der Waals surface area contributed by atoms with Gasteiger partial charge in [-0.1, -0.05) is 25.3 Å². The number of fused-ring (bicyclic) bond motifs is 1. The average molecular weight is 438 g/mol. The van der Waals surface area contributed by atoms with Gasteiger partial charge in [-0.3, -0.25) is 9.69 Å². The summed E-state index contributed by atoms with van der Waals surface area (Å²) in [5.41, 5.74) is 1.15. The smallest absolute Gasteiger partial charge is 0.237 e. The minimum absolute atomic E-state index is 0.0361. The third-order valence-corrected chi connectivity index (χ3v) is 7.55. The summed E-state index contributed by atoms with van der Waals surface area (Å²) in [6, 6.07) is 5.94. The molecule has 166 valence electrons. The Bertz CT molecular complexity index is 861. The first-order chi connectivity index (χ1) is 14.4. The van der Waals surface area contributed by atoms with Crippen molar-refractivity contribution in [3.63, 3.8) is 0 Å². The Labute approximate surface area is 178 Å². The van der Waals surface area contributed by atoms with Crippen LogP contribution in [0, 0.1) is 0 Å². The van der Waals surface area contributed by atoms with Crippen LogP contribution in [-0.4, -0.2) is 80.2 Å². The number of sulfonamides is 1. The molecule has 3 aliphatic rings. The fourth-order valence-electron chi connectivity index (χ4n) is 4.57. The van der Waals surface area contributed by atoms with Crippen molar-refractivity contribution in [3.05, 3.63) is 23.8 Å². The van der Waals surface area contributed by atoms with Crippen LogP contribution in [0.2, 0.25) is 0 Å². The standard InChI is InChI=1S/C21H31N3O5S/c1-30(26,27)24(18-5-3-2-4-6-18)15-21(25)23-11-9-22(10-12-23)14-17-7-8-19-20(13-17)29-16-28-19/h7-8,13,18H,2-6,9-12,14-16H2,1H3. The zero-order valence-corrected chi connectivity index (χ0v) is 18.4. The summed E-state index contributed by atoms with van der Waals surface area (Å²) in [6.07, 6.45) is 6.13. The molecule has 0 unspecified atom stereocenters. The molecule has 0 aromatic heterocycles. The van der Waals surface area contributed by atoms with Gasteiger partial charge in [0.05, 0.1) is 12.8 Å². The zero-order valence-electron chi connectivity index (χ0n) is 17.6. The van der Waals surface area contributed by atoms with E-state index >= 15 is 0 Å². The molecular formula is C21H31N3O5S. The third-order valence-electron chi connectivity index (χ3n) is 6.27. The predicted octanol–water partition coefficient (Wildman–Crippen LogP) is 1.65. The maximum Gasteiger partial charge on any atom is 0.237 e. The molecule has 30 heavy (non-hydrogen) atoms. The number of carbonyl (C=O) groups is 1. The molecular weight excluding hydrogens is 406 g/mol. The molecule has 2 aliphatic heterocycles. The number of carbonyl (C=O) groups excluding carboxylic acids is 1. The van der Waals surface area contributed by atoms with Crippen LogP contribution in [-0.2, 0) is 21.4 Å². The summed E-state index contributed by atoms with van der Waals surface area (Å²) in [5, 5.41) is 0. The molecule has 0 spiro atoms. The second-order valence-corrected chi connectivity index (χ2v) is 10.4. The number of benzene rings is 1. The van der Waals surface area contributed by atoms with Gasteiger partial charge in [-0.2, -0.15) is 4.31 Å². The summed E-state index contributed by atoms with van der Waals surface area (Å²) in [7, 11) is -3.40. The summed E-state index contributed by atoms with van der Waals surface area (Å²) >= 11 is 0. The lowest BCUT2D eigenvalue weighted by molar-refractivity contribution is -0.133. The van der Waals surface area contributed by atoms with Crippen LogP contribution in [0.25, 0.3) is 0 Å². The molecule has 1 aromatic carbocycles. The van der Waals surface area contributed by atoms with Gasteiger partial charge in [0, 0.05) is 38.8 Å². The van der Waals surface area contributed by atoms with Gasteiger partial charge in [0.25, 0.3) is 0 Å². The van der Waals surface area contributed by atoms with Gasteiger partial charge in [0.2, 0.25) is 22.7 Å². The van der Waals surface area contributed by atoms with Crippen molar-refractivity contribution in [2.24, 2.45) is 0 Å². The molecule has 4 rings (SSSR count). The molecule has 1 saturated heterocycles. The quantitative estimate of drug-likeness (QED) is 0.673. The highest BCUT2D eigenvalue weighted by atomic mass is 32.2. The summed E-state index contributed by atoms with van der Waals surface area (Å²) in [4.78, 5) is 17.0. The number of ether oxygens (including phenoxy) is 2. The molecule has 2 heterocycles. The summed E-state index contributed by atoms with van der Waals surface area (Å²) < 4.78 is 36.9. The Hall–Kier alpha value is -1.84. The Morgan fingerprint density at radius 1 is 1.07 bits per heavy atom. The maximum atomic E-state index is 12.9. The highest BCUT2D eigenvalue weighted by molar-refractivity contribution is 7.88. The first-order valence-corrected chi connectivity index (χ1v) is 12.6. The van der Waals surface area contributed by atoms with E-state index in [9.17, 15) is 13.2 Å². The first kappa shape index (κ1) is 21.4. The fourth-order valence-corrected chi connectivity index (χ4v) is 5.67. The van der Waals surface area contributed by atoms with Gasteiger partial charge >= 0.3 is 0 Å². The van der Waals surface area contributed by atoms with E-state index in [0.717, 1.165) is 68.8 Å². The average Bonchev–Trinajstić information content (AvgIpc) is 3.20. The van der Waals surface area contributed by atoms with Gasteiger partial charge in [0.1, 0.15) is 0 Å². The van der Waals surface area contributed by atoms with Gasteiger partial charge in [-0.05, 0) is 30.5 Å². The van der Waals surface area contributed by atoms with Crippen LogP contribution in [0.4, 0.5) is 0 Å². The first-order valence-electron chi connectivity index (χ1n) is 10.8. The highest BCUT2D eigenvalue weighted by Gasteiger charge is 2.32. The van der Waals surface area contributed by atoms with E-state index in [2.05, 4.69) is 4.90 Å². The second-order valence-electron chi connectivity index (χ2n) is 8.44. The molecule has 0 N–H and O–H groups in total. The molecule has 1 aliphatic carbocycles. The molecule has 2 fully saturated rings. The van der Waals surface area contributed by atoms with E-state index in [1.165, 1.54) is 10.6 Å². The van der Waals surface area contributed by atoms with Crippen molar-refractivity contribution in [2.75, 3.05) is 45.8 Å². The van der Waals surface area contributed by atoms with Crippen LogP contribution in [0.5, 0.6) is 11.5 Å². The lowest BCUT2D eigenvalue weighted by atomic mass is 9.95. The van der Waals surface area contributed by atoms with E-state index in [1.54, 1.807) is 4.90 Å². The van der Waals surface area contributed by atoms with Gasteiger partial charge in [0.15, 0.2) is 11.5 Å². The summed E-state index contributed by atoms with van der Waals surface area (Å²) in [6.45, 7) is 3.79. The lowest BCUT2D eigenvalue weighted by Crippen LogP contribution is -2.53. The third kappa shape index (κ3) is 5.07. The van der Waals surface area contributed by atoms with Crippen molar-refractivity contribution >= 4 is 15.9 Å². The Morgan fingerprint density at radius 3 is 2.47 bits per heavy atom. The van der Waals surface area contributed by atoms with Crippen molar-refractivity contribution in [1.29, 1.82) is 0 Å². The Kier molecular flexibility index (Phi) is 6.50. The van der Waals surface area contributed by atoms with E-state index in [1.807, 2.05) is 18.2 Å². The minimum Gasteiger partial charge on any atom is -0.454 e. The maximum absolute atomic E-state index is 12.9. The topological polar surface area (TPSA) is 79.4 Å². The molecule has 1 saturated carbocycles. The van der Waals surface area contributed by atoms with Gasteiger partial charge in [-0.25, -0.2) is 8.42 Å². The van der Waals surface area contributed by atoms with Gasteiger partial charge in [-0.15, -0.1) is 0 Å². The van der Waals surface area contributed by atoms with Crippen molar-refractivity contribution in [1.82, 2.24) is 14.1 Å². The number of piperazine rings is 1.